The van der Waals surface area contributed by atoms with Crippen molar-refractivity contribution in [1.82, 2.24) is 19.0 Å². The molecular weight excluding hydrogens is 352 g/mol. The van der Waals surface area contributed by atoms with Crippen LogP contribution in [0.1, 0.15) is 23.8 Å². The van der Waals surface area contributed by atoms with Crippen molar-refractivity contribution in [3.8, 4) is 11.4 Å². The highest BCUT2D eigenvalue weighted by molar-refractivity contribution is 5.54. The van der Waals surface area contributed by atoms with E-state index in [1.165, 1.54) is 12.1 Å². The largest absolute Gasteiger partial charge is 0.465 e. The van der Waals surface area contributed by atoms with Crippen LogP contribution in [0.5, 0.6) is 0 Å². The minimum atomic E-state index is 0.0904. The highest BCUT2D eigenvalue weighted by Gasteiger charge is 2.34. The normalized spacial score (nSPS) is 21.9. The van der Waals surface area contributed by atoms with Gasteiger partial charge in [-0.2, -0.15) is 0 Å². The zero-order valence-electron chi connectivity index (χ0n) is 16.0. The van der Waals surface area contributed by atoms with Crippen molar-refractivity contribution < 1.29 is 4.42 Å². The van der Waals surface area contributed by atoms with Gasteiger partial charge in [-0.3, -0.25) is 9.69 Å². The molecule has 6 nitrogen and oxygen atoms in total. The maximum atomic E-state index is 13.2. The summed E-state index contributed by atoms with van der Waals surface area (Å²) in [6.07, 6.45) is 10.7. The summed E-state index contributed by atoms with van der Waals surface area (Å²) in [6, 6.07) is 7.95. The molecule has 2 bridgehead atoms. The van der Waals surface area contributed by atoms with Crippen LogP contribution in [-0.4, -0.2) is 38.7 Å². The Labute approximate surface area is 163 Å². The minimum absolute atomic E-state index is 0.0904. The van der Waals surface area contributed by atoms with Crippen LogP contribution in [0, 0.1) is 5.92 Å². The predicted molar refractivity (Wildman–Crippen MR) is 108 cm³/mol. The molecule has 0 amide bonds. The van der Waals surface area contributed by atoms with Crippen molar-refractivity contribution >= 4 is 6.08 Å². The summed E-state index contributed by atoms with van der Waals surface area (Å²) in [5.74, 6) is 2.54. The number of rotatable bonds is 4. The van der Waals surface area contributed by atoms with Gasteiger partial charge in [0.25, 0.3) is 5.56 Å². The predicted octanol–water partition coefficient (Wildman–Crippen LogP) is 2.97. The lowest BCUT2D eigenvalue weighted by atomic mass is 9.83. The zero-order valence-corrected chi connectivity index (χ0v) is 16.0. The lowest BCUT2D eigenvalue weighted by Crippen LogP contribution is -2.47. The van der Waals surface area contributed by atoms with E-state index in [0.29, 0.717) is 17.4 Å². The van der Waals surface area contributed by atoms with Crippen molar-refractivity contribution in [3.05, 3.63) is 70.8 Å². The van der Waals surface area contributed by atoms with Crippen molar-refractivity contribution in [1.29, 1.82) is 0 Å². The molecule has 5 heterocycles. The molecule has 28 heavy (non-hydrogen) atoms. The summed E-state index contributed by atoms with van der Waals surface area (Å²) in [7, 11) is 1.93. The van der Waals surface area contributed by atoms with Crippen LogP contribution >= 0.6 is 0 Å². The van der Waals surface area contributed by atoms with Crippen LogP contribution in [0.4, 0.5) is 0 Å². The van der Waals surface area contributed by atoms with E-state index in [9.17, 15) is 4.79 Å². The Kier molecular flexibility index (Phi) is 4.28. The lowest BCUT2D eigenvalue weighted by molar-refractivity contribution is 0.132. The second-order valence-corrected chi connectivity index (χ2v) is 7.88. The van der Waals surface area contributed by atoms with Gasteiger partial charge in [0.2, 0.25) is 0 Å². The van der Waals surface area contributed by atoms with E-state index >= 15 is 0 Å². The molecule has 0 N–H and O–H groups in total. The first-order valence-corrected chi connectivity index (χ1v) is 9.83. The number of furan rings is 1. The summed E-state index contributed by atoms with van der Waals surface area (Å²) < 4.78 is 9.26. The molecular formula is C22H24N4O2. The van der Waals surface area contributed by atoms with Gasteiger partial charge >= 0.3 is 0 Å². The molecule has 6 heteroatoms. The smallest absolute Gasteiger partial charge is 0.261 e. The Hall–Kier alpha value is -2.86. The number of imidazole rings is 1. The first-order valence-electron chi connectivity index (χ1n) is 9.83. The number of hydrogen-bond donors (Lipinski definition) is 0. The Bertz CT molecular complexity index is 1060. The molecule has 144 valence electrons. The first-order chi connectivity index (χ1) is 13.7. The molecule has 2 aliphatic heterocycles. The summed E-state index contributed by atoms with van der Waals surface area (Å²) >= 11 is 0. The standard InChI is InChI=1S/C22H24N4O2/c1-24-10-8-23-21(24)19-6-7-20-17-12-16(14-26(20)22(19)27)13-25(15-17)9-2-4-18-5-3-11-28-18/h2-8,10-11,16-17H,9,12-15H2,1H3/b4-2+/t16-,17+/m0/s1. The van der Waals surface area contributed by atoms with Crippen molar-refractivity contribution in [3.63, 3.8) is 0 Å². The van der Waals surface area contributed by atoms with Gasteiger partial charge < -0.3 is 13.6 Å². The Morgan fingerprint density at radius 3 is 2.96 bits per heavy atom. The van der Waals surface area contributed by atoms with Crippen LogP contribution in [0.15, 0.2) is 58.2 Å². The van der Waals surface area contributed by atoms with E-state index in [4.69, 9.17) is 4.42 Å². The third-order valence-electron chi connectivity index (χ3n) is 5.93. The quantitative estimate of drug-likeness (QED) is 0.702. The average molecular weight is 376 g/mol. The van der Waals surface area contributed by atoms with Crippen LogP contribution in [0.2, 0.25) is 0 Å². The molecule has 0 aromatic carbocycles. The SMILES string of the molecule is Cn1ccnc1-c1ccc2n(c1=O)C[C@H]1C[C@@H]2CN(C/C=C/c2ccco2)C1. The molecule has 3 aromatic rings. The van der Waals surface area contributed by atoms with Gasteiger partial charge in [0.15, 0.2) is 0 Å². The summed E-state index contributed by atoms with van der Waals surface area (Å²) in [6.45, 7) is 3.71. The van der Waals surface area contributed by atoms with Crippen molar-refractivity contribution in [2.24, 2.45) is 13.0 Å². The third kappa shape index (κ3) is 3.03. The number of nitrogens with zero attached hydrogens (tertiary/aromatic N) is 4. The fourth-order valence-corrected chi connectivity index (χ4v) is 4.69. The van der Waals surface area contributed by atoms with E-state index in [1.807, 2.05) is 46.7 Å². The second kappa shape index (κ2) is 6.95. The molecule has 1 saturated heterocycles. The molecule has 0 unspecified atom stereocenters. The fraction of sp³-hybridized carbons (Fsp3) is 0.364. The molecule has 0 aliphatic carbocycles. The molecule has 0 radical (unpaired) electrons. The van der Waals surface area contributed by atoms with E-state index in [2.05, 4.69) is 22.0 Å². The molecule has 3 aromatic heterocycles. The topological polar surface area (TPSA) is 56.2 Å². The van der Waals surface area contributed by atoms with Gasteiger partial charge in [-0.15, -0.1) is 0 Å². The zero-order chi connectivity index (χ0) is 19.1. The second-order valence-electron chi connectivity index (χ2n) is 7.88. The van der Waals surface area contributed by atoms with Gasteiger partial charge in [0.1, 0.15) is 11.6 Å². The summed E-state index contributed by atoms with van der Waals surface area (Å²) in [4.78, 5) is 20.0. The van der Waals surface area contributed by atoms with E-state index in [1.54, 1.807) is 12.5 Å². The van der Waals surface area contributed by atoms with E-state index in [0.717, 1.165) is 37.8 Å². The van der Waals surface area contributed by atoms with Gasteiger partial charge in [0.05, 0.1) is 11.8 Å². The molecule has 2 atom stereocenters. The number of fused-ring (bicyclic) bond motifs is 4. The Morgan fingerprint density at radius 2 is 2.18 bits per heavy atom. The Morgan fingerprint density at radius 1 is 1.25 bits per heavy atom. The van der Waals surface area contributed by atoms with Crippen molar-refractivity contribution in [2.45, 2.75) is 18.9 Å². The number of pyridine rings is 1. The fourth-order valence-electron chi connectivity index (χ4n) is 4.69. The first kappa shape index (κ1) is 17.3. The van der Waals surface area contributed by atoms with Crippen LogP contribution in [0.25, 0.3) is 17.5 Å². The number of likely N-dealkylation sites (tertiary alicyclic amines) is 1. The maximum Gasteiger partial charge on any atom is 0.261 e. The molecule has 2 aliphatic rings. The number of piperidine rings is 1. The van der Waals surface area contributed by atoms with Crippen LogP contribution in [-0.2, 0) is 13.6 Å². The molecule has 0 spiro atoms. The Balaban J connectivity index is 1.38. The van der Waals surface area contributed by atoms with Crippen LogP contribution < -0.4 is 5.56 Å². The molecule has 5 rings (SSSR count). The molecule has 1 fully saturated rings. The molecule has 0 saturated carbocycles. The minimum Gasteiger partial charge on any atom is -0.465 e. The summed E-state index contributed by atoms with van der Waals surface area (Å²) in [5.41, 5.74) is 1.95. The third-order valence-corrected chi connectivity index (χ3v) is 5.93. The summed E-state index contributed by atoms with van der Waals surface area (Å²) in [5, 5.41) is 0. The van der Waals surface area contributed by atoms with Gasteiger partial charge in [-0.05, 0) is 42.7 Å². The van der Waals surface area contributed by atoms with Crippen molar-refractivity contribution in [2.75, 3.05) is 19.6 Å². The average Bonchev–Trinajstić information content (AvgIpc) is 3.35. The van der Waals surface area contributed by atoms with Crippen LogP contribution in [0.3, 0.4) is 0 Å². The van der Waals surface area contributed by atoms with Gasteiger partial charge in [-0.1, -0.05) is 6.08 Å². The highest BCUT2D eigenvalue weighted by Crippen LogP contribution is 2.35. The maximum absolute atomic E-state index is 13.2. The van der Waals surface area contributed by atoms with Gasteiger partial charge in [0, 0.05) is 57.2 Å². The number of aromatic nitrogens is 3. The number of hydrogen-bond acceptors (Lipinski definition) is 4. The van der Waals surface area contributed by atoms with Gasteiger partial charge in [-0.25, -0.2) is 4.98 Å². The monoisotopic (exact) mass is 376 g/mol. The van der Waals surface area contributed by atoms with E-state index < -0.39 is 0 Å². The highest BCUT2D eigenvalue weighted by atomic mass is 16.3. The van der Waals surface area contributed by atoms with E-state index in [-0.39, 0.29) is 5.56 Å². The lowest BCUT2D eigenvalue weighted by Gasteiger charge is -2.42. The number of aryl methyl sites for hydroxylation is 1.